The average molecular weight is 359 g/mol. The van der Waals surface area contributed by atoms with Gasteiger partial charge in [-0.05, 0) is 57.9 Å². The van der Waals surface area contributed by atoms with Crippen LogP contribution in [0.15, 0.2) is 54.6 Å². The van der Waals surface area contributed by atoms with Gasteiger partial charge in [0.05, 0.1) is 15.9 Å². The molecule has 138 valence electrons. The second-order valence-corrected chi connectivity index (χ2v) is 8.94. The predicted molar refractivity (Wildman–Crippen MR) is 111 cm³/mol. The number of nitrogens with zero attached hydrogens (tertiary/aromatic N) is 1. The number of hydrogen-bond acceptors (Lipinski definition) is 2. The summed E-state index contributed by atoms with van der Waals surface area (Å²) in [6.45, 7) is 9.08. The highest BCUT2D eigenvalue weighted by Crippen LogP contribution is 2.50. The van der Waals surface area contributed by atoms with Gasteiger partial charge in [0.2, 0.25) is 0 Å². The zero-order valence-electron chi connectivity index (χ0n) is 16.4. The van der Waals surface area contributed by atoms with Crippen molar-refractivity contribution in [2.24, 2.45) is 0 Å². The van der Waals surface area contributed by atoms with E-state index in [-0.39, 0.29) is 21.4 Å². The first-order valence-corrected chi connectivity index (χ1v) is 9.53. The molecule has 0 amide bonds. The van der Waals surface area contributed by atoms with Crippen molar-refractivity contribution in [3.8, 4) is 11.1 Å². The standard InChI is InChI=1S/C24H25NO2/c1-23(2)14-15-24(3,4)21-18(10-7-11-20(21)23)19-13-12-16-8-5-6-9-17(16)22(19)25(26)27/h5-13H,14-15H2,1-4H3. The molecule has 3 heteroatoms. The molecule has 1 aliphatic carbocycles. The number of benzene rings is 3. The zero-order valence-corrected chi connectivity index (χ0v) is 16.4. The van der Waals surface area contributed by atoms with E-state index in [0.29, 0.717) is 5.39 Å². The minimum Gasteiger partial charge on any atom is -0.258 e. The highest BCUT2D eigenvalue weighted by atomic mass is 16.6. The summed E-state index contributed by atoms with van der Waals surface area (Å²) in [6, 6.07) is 17.8. The molecule has 0 aliphatic heterocycles. The van der Waals surface area contributed by atoms with Gasteiger partial charge < -0.3 is 0 Å². The minimum absolute atomic E-state index is 0.0129. The molecule has 27 heavy (non-hydrogen) atoms. The summed E-state index contributed by atoms with van der Waals surface area (Å²) >= 11 is 0. The molecule has 3 aromatic carbocycles. The van der Waals surface area contributed by atoms with Crippen molar-refractivity contribution in [3.63, 3.8) is 0 Å². The van der Waals surface area contributed by atoms with Gasteiger partial charge in [-0.15, -0.1) is 0 Å². The first-order valence-electron chi connectivity index (χ1n) is 9.53. The topological polar surface area (TPSA) is 43.1 Å². The van der Waals surface area contributed by atoms with Crippen molar-refractivity contribution in [1.29, 1.82) is 0 Å². The number of nitro groups is 1. The van der Waals surface area contributed by atoms with Crippen molar-refractivity contribution in [2.75, 3.05) is 0 Å². The molecule has 0 fully saturated rings. The van der Waals surface area contributed by atoms with E-state index in [4.69, 9.17) is 0 Å². The third kappa shape index (κ3) is 2.73. The predicted octanol–water partition coefficient (Wildman–Crippen LogP) is 6.76. The smallest absolute Gasteiger partial charge is 0.258 e. The van der Waals surface area contributed by atoms with Gasteiger partial charge in [0.25, 0.3) is 5.69 Å². The molecule has 0 N–H and O–H groups in total. The molecule has 0 bridgehead atoms. The molecule has 1 aliphatic rings. The summed E-state index contributed by atoms with van der Waals surface area (Å²) in [5, 5.41) is 13.7. The van der Waals surface area contributed by atoms with E-state index in [0.717, 1.165) is 29.4 Å². The maximum absolute atomic E-state index is 12.1. The maximum atomic E-state index is 12.1. The fourth-order valence-corrected chi connectivity index (χ4v) is 4.62. The van der Waals surface area contributed by atoms with Crippen LogP contribution >= 0.6 is 0 Å². The Bertz CT molecular complexity index is 1060. The van der Waals surface area contributed by atoms with Gasteiger partial charge in [-0.1, -0.05) is 70.2 Å². The fraction of sp³-hybridized carbons (Fsp3) is 0.333. The Labute approximate surface area is 160 Å². The number of rotatable bonds is 2. The lowest BCUT2D eigenvalue weighted by molar-refractivity contribution is -0.382. The monoisotopic (exact) mass is 359 g/mol. The normalized spacial score (nSPS) is 17.5. The van der Waals surface area contributed by atoms with Crippen molar-refractivity contribution in [3.05, 3.63) is 75.8 Å². The van der Waals surface area contributed by atoms with E-state index >= 15 is 0 Å². The van der Waals surface area contributed by atoms with Crippen molar-refractivity contribution < 1.29 is 4.92 Å². The number of fused-ring (bicyclic) bond motifs is 2. The summed E-state index contributed by atoms with van der Waals surface area (Å²) in [7, 11) is 0. The third-order valence-electron chi connectivity index (χ3n) is 6.22. The molecule has 3 aromatic rings. The Hall–Kier alpha value is -2.68. The number of hydrogen-bond donors (Lipinski definition) is 0. The Kier molecular flexibility index (Phi) is 3.88. The Balaban J connectivity index is 2.10. The summed E-state index contributed by atoms with van der Waals surface area (Å²) < 4.78 is 0. The Morgan fingerprint density at radius 3 is 2.26 bits per heavy atom. The van der Waals surface area contributed by atoms with Crippen LogP contribution in [0.1, 0.15) is 51.7 Å². The molecule has 0 aromatic heterocycles. The summed E-state index contributed by atoms with van der Waals surface area (Å²) in [5.41, 5.74) is 4.58. The minimum atomic E-state index is -0.224. The van der Waals surface area contributed by atoms with Gasteiger partial charge in [0.15, 0.2) is 0 Å². The zero-order chi connectivity index (χ0) is 19.4. The van der Waals surface area contributed by atoms with Gasteiger partial charge >= 0.3 is 0 Å². The summed E-state index contributed by atoms with van der Waals surface area (Å²) in [5.74, 6) is 0. The van der Waals surface area contributed by atoms with Crippen molar-refractivity contribution in [1.82, 2.24) is 0 Å². The van der Waals surface area contributed by atoms with Crippen LogP contribution in [0, 0.1) is 10.1 Å². The van der Waals surface area contributed by atoms with Crippen LogP contribution in [0.4, 0.5) is 5.69 Å². The number of nitro benzene ring substituents is 1. The second kappa shape index (κ2) is 5.91. The van der Waals surface area contributed by atoms with Crippen LogP contribution in [0.5, 0.6) is 0 Å². The van der Waals surface area contributed by atoms with E-state index in [1.807, 2.05) is 36.4 Å². The average Bonchev–Trinajstić information content (AvgIpc) is 2.64. The molecule has 0 atom stereocenters. The van der Waals surface area contributed by atoms with Crippen molar-refractivity contribution in [2.45, 2.75) is 51.4 Å². The van der Waals surface area contributed by atoms with Crippen LogP contribution in [0.25, 0.3) is 21.9 Å². The SMILES string of the molecule is CC1(C)CCC(C)(C)c2c(-c3ccc4ccccc4c3[N+](=O)[O-])cccc21. The molecule has 0 heterocycles. The Morgan fingerprint density at radius 1 is 0.815 bits per heavy atom. The highest BCUT2D eigenvalue weighted by Gasteiger charge is 2.39. The first kappa shape index (κ1) is 17.7. The lowest BCUT2D eigenvalue weighted by atomic mass is 9.61. The van der Waals surface area contributed by atoms with E-state index in [1.54, 1.807) is 0 Å². The molecular weight excluding hydrogens is 334 g/mol. The molecule has 3 nitrogen and oxygen atoms in total. The maximum Gasteiger partial charge on any atom is 0.284 e. The molecule has 0 saturated heterocycles. The molecule has 0 spiro atoms. The summed E-state index contributed by atoms with van der Waals surface area (Å²) in [4.78, 5) is 11.8. The third-order valence-corrected chi connectivity index (χ3v) is 6.22. The van der Waals surface area contributed by atoms with Crippen LogP contribution in [0.2, 0.25) is 0 Å². The van der Waals surface area contributed by atoms with E-state index in [9.17, 15) is 10.1 Å². The molecule has 4 rings (SSSR count). The lowest BCUT2D eigenvalue weighted by Crippen LogP contribution is -2.34. The highest BCUT2D eigenvalue weighted by molar-refractivity contribution is 5.98. The molecule has 0 radical (unpaired) electrons. The van der Waals surface area contributed by atoms with Gasteiger partial charge in [-0.25, -0.2) is 0 Å². The molecule has 0 unspecified atom stereocenters. The molecule has 0 saturated carbocycles. The van der Waals surface area contributed by atoms with Crippen LogP contribution < -0.4 is 0 Å². The quantitative estimate of drug-likeness (QED) is 0.374. The second-order valence-electron chi connectivity index (χ2n) is 8.94. The van der Waals surface area contributed by atoms with Crippen LogP contribution in [0.3, 0.4) is 0 Å². The first-order chi connectivity index (χ1) is 12.7. The van der Waals surface area contributed by atoms with Gasteiger partial charge in [-0.2, -0.15) is 0 Å². The lowest BCUT2D eigenvalue weighted by Gasteiger charge is -2.43. The largest absolute Gasteiger partial charge is 0.284 e. The summed E-state index contributed by atoms with van der Waals surface area (Å²) in [6.07, 6.45) is 2.20. The van der Waals surface area contributed by atoms with E-state index in [1.165, 1.54) is 11.1 Å². The van der Waals surface area contributed by atoms with Crippen LogP contribution in [-0.4, -0.2) is 4.92 Å². The van der Waals surface area contributed by atoms with Crippen molar-refractivity contribution >= 4 is 16.5 Å². The van der Waals surface area contributed by atoms with Crippen LogP contribution in [-0.2, 0) is 10.8 Å². The van der Waals surface area contributed by atoms with E-state index < -0.39 is 0 Å². The Morgan fingerprint density at radius 2 is 1.52 bits per heavy atom. The van der Waals surface area contributed by atoms with Gasteiger partial charge in [-0.3, -0.25) is 10.1 Å². The fourth-order valence-electron chi connectivity index (χ4n) is 4.62. The molecular formula is C24H25NO2. The van der Waals surface area contributed by atoms with E-state index in [2.05, 4.69) is 45.9 Å². The van der Waals surface area contributed by atoms with Gasteiger partial charge in [0.1, 0.15) is 0 Å². The van der Waals surface area contributed by atoms with Gasteiger partial charge in [0, 0.05) is 0 Å².